The van der Waals surface area contributed by atoms with Crippen molar-refractivity contribution in [3.63, 3.8) is 0 Å². The number of anilines is 6. The smallest absolute Gasteiger partial charge is 0.140 e. The lowest BCUT2D eigenvalue weighted by Gasteiger charge is -2.35. The molecule has 0 spiro atoms. The maximum Gasteiger partial charge on any atom is 0.140 e. The number of nitrogens with zero attached hydrogens (tertiary/aromatic N) is 9. The molecule has 6 fully saturated rings. The lowest BCUT2D eigenvalue weighted by atomic mass is 9.86. The molecule has 27 rings (SSSR count). The van der Waals surface area contributed by atoms with Gasteiger partial charge < -0.3 is 55.9 Å². The maximum atomic E-state index is 10.6. The highest BCUT2D eigenvalue weighted by molar-refractivity contribution is 6.26. The third-order valence-electron chi connectivity index (χ3n) is 32.8. The minimum atomic E-state index is 0.553. The van der Waals surface area contributed by atoms with Crippen molar-refractivity contribution in [2.24, 2.45) is 35.5 Å². The molecule has 6 aliphatic rings. The summed E-state index contributed by atoms with van der Waals surface area (Å²) in [4.78, 5) is 15.1. The molecule has 0 amide bonds. The predicted molar refractivity (Wildman–Crippen MR) is 564 cm³/mol. The maximum absolute atomic E-state index is 10.6. The van der Waals surface area contributed by atoms with Crippen molar-refractivity contribution in [1.29, 1.82) is 15.8 Å². The van der Waals surface area contributed by atoms with Gasteiger partial charge in [-0.3, -0.25) is 0 Å². The Morgan fingerprint density at radius 3 is 0.676 bits per heavy atom. The molecule has 15 aromatic carbocycles. The van der Waals surface area contributed by atoms with Crippen molar-refractivity contribution in [2.45, 2.75) is 157 Å². The van der Waals surface area contributed by atoms with Crippen molar-refractivity contribution >= 4 is 230 Å². The summed E-state index contributed by atoms with van der Waals surface area (Å²) in [5.41, 5.74) is 18.4. The van der Waals surface area contributed by atoms with E-state index >= 15 is 0 Å². The lowest BCUT2D eigenvalue weighted by molar-refractivity contribution is 0.311. The summed E-state index contributed by atoms with van der Waals surface area (Å²) in [6.07, 6.45) is 17.5. The topological polar surface area (TPSA) is 170 Å². The van der Waals surface area contributed by atoms with Crippen LogP contribution in [0, 0.1) is 69.5 Å². The van der Waals surface area contributed by atoms with Gasteiger partial charge in [-0.25, -0.2) is 0 Å². The molecule has 0 aliphatic carbocycles. The molecule has 6 aliphatic heterocycles. The molecule has 2 atom stereocenters. The van der Waals surface area contributed by atoms with Crippen molar-refractivity contribution in [3.05, 3.63) is 217 Å². The zero-order chi connectivity index (χ0) is 91.7. The summed E-state index contributed by atoms with van der Waals surface area (Å²) >= 11 is 0. The molecular formula is C121H113N9O6. The van der Waals surface area contributed by atoms with Crippen molar-refractivity contribution < 1.29 is 26.5 Å². The number of nitriles is 3. The van der Waals surface area contributed by atoms with E-state index in [1.165, 1.54) is 124 Å². The van der Waals surface area contributed by atoms with Crippen molar-refractivity contribution in [1.82, 2.24) is 0 Å². The predicted octanol–water partition coefficient (Wildman–Crippen LogP) is 32.0. The molecule has 15 heteroatoms. The van der Waals surface area contributed by atoms with Crippen LogP contribution >= 0.6 is 0 Å². The molecule has 6 saturated heterocycles. The molecular weight excluding hydrogens is 1680 g/mol. The Kier molecular flexibility index (Phi) is 20.4. The highest BCUT2D eigenvalue weighted by Gasteiger charge is 2.31. The van der Waals surface area contributed by atoms with Gasteiger partial charge >= 0.3 is 0 Å². The molecule has 0 saturated carbocycles. The van der Waals surface area contributed by atoms with Gasteiger partial charge in [0.05, 0.1) is 16.7 Å². The van der Waals surface area contributed by atoms with E-state index in [1.54, 1.807) is 0 Å². The van der Waals surface area contributed by atoms with Crippen LogP contribution in [0.3, 0.4) is 0 Å². The van der Waals surface area contributed by atoms with Crippen LogP contribution in [0.15, 0.2) is 227 Å². The number of rotatable bonds is 8. The fourth-order valence-electron chi connectivity index (χ4n) is 24.6. The van der Waals surface area contributed by atoms with Gasteiger partial charge in [-0.2, -0.15) is 15.8 Å². The molecule has 136 heavy (non-hydrogen) atoms. The normalized spacial score (nSPS) is 17.9. The average Bonchev–Trinajstić information content (AvgIpc) is 1.57. The van der Waals surface area contributed by atoms with Crippen LogP contribution in [0.1, 0.15) is 162 Å². The zero-order valence-corrected chi connectivity index (χ0v) is 79.1. The summed E-state index contributed by atoms with van der Waals surface area (Å²) in [5, 5.41) is 56.7. The third kappa shape index (κ3) is 14.3. The minimum absolute atomic E-state index is 0.553. The van der Waals surface area contributed by atoms with Crippen LogP contribution in [-0.4, -0.2) is 77.5 Å². The van der Waals surface area contributed by atoms with Crippen LogP contribution < -0.4 is 29.4 Å². The molecule has 0 bridgehead atoms. The monoisotopic (exact) mass is 1790 g/mol. The number of benzene rings is 15. The molecule has 0 radical (unpaired) electrons. The average molecular weight is 1790 g/mol. The van der Waals surface area contributed by atoms with Crippen LogP contribution in [-0.2, 0) is 0 Å². The van der Waals surface area contributed by atoms with Crippen molar-refractivity contribution in [2.75, 3.05) is 94.8 Å². The van der Waals surface area contributed by atoms with E-state index in [0.717, 1.165) is 264 Å². The van der Waals surface area contributed by atoms with Gasteiger partial charge in [0.25, 0.3) is 0 Å². The highest BCUT2D eigenvalue weighted by atomic mass is 16.4. The first-order valence-electron chi connectivity index (χ1n) is 50.3. The van der Waals surface area contributed by atoms with Gasteiger partial charge in [0, 0.05) is 194 Å². The van der Waals surface area contributed by atoms with Gasteiger partial charge in [-0.1, -0.05) is 77.9 Å². The number of hydrogen-bond donors (Lipinski definition) is 0. The SMILES string of the molecule is CC(C)C1CCN(c2ccc3cc4c(cc3c2)oc2cc3oc5cc6cc(N7CCC(C(C)C)CC7)ccc6cc5c3c(C#N)c24)CC1.CC1CCCCN1c1ccc2cc3c(cc2c1)oc1cc2oc4cc5cc(N6CCCCC6C)ccc5cc4c2c(C#N)c13.CC1CCN(c2ccc3cc4c(cc3c2)oc2cc3oc5cc6cc(N7CCC(C)CC7)ccc6cc5c3c(C#N)c24)CC1. The standard InChI is InChI=1S/C43H43N3O2.2C39H35N3O2/c1-25(2)27-9-13-45(14-10-27)33-7-5-29-19-35-38(21-31(29)17-33)47-40-23-41-43(37(24-44)42(35)40)36-20-30-6-8-34(18-32(30)22-39(36)48-41)46-15-11-28(12-16-46)26(3)4;1-23-7-11-41(12-8-23)29-5-3-25-17-31-34(19-27(25)15-29)43-36-21-37-39(33(22-40)38(31)36)32-18-26-4-6-30(16-28(26)20-35(32)44-37)42-13-9-24(2)10-14-42;1-23-7-3-5-13-41(23)29-11-9-25-17-31-34(19-27(25)15-29)43-36-21-37-39(33(22-40)38(31)36)32-18-26-10-12-30(16-28(26)20-35(32)44-37)42-14-6-4-8-24(42)2/h5-8,17-23,25-28H,9-16H2,1-4H3;3-6,15-21,23-24H,7-14H2,1-2H3;9-12,15-21,23-24H,3-8,13-14H2,1-2H3. The molecule has 12 heterocycles. The second-order valence-corrected chi connectivity index (χ2v) is 41.8. The Morgan fingerprint density at radius 1 is 0.235 bits per heavy atom. The summed E-state index contributed by atoms with van der Waals surface area (Å²) in [6, 6.07) is 81.2. The van der Waals surface area contributed by atoms with E-state index in [9.17, 15) is 15.8 Å². The van der Waals surface area contributed by atoms with Crippen LogP contribution in [0.25, 0.3) is 196 Å². The van der Waals surface area contributed by atoms with Gasteiger partial charge in [-0.05, 0) is 349 Å². The van der Waals surface area contributed by atoms with E-state index < -0.39 is 0 Å². The van der Waals surface area contributed by atoms with Gasteiger partial charge in [0.2, 0.25) is 0 Å². The van der Waals surface area contributed by atoms with Gasteiger partial charge in [0.1, 0.15) is 85.2 Å². The summed E-state index contributed by atoms with van der Waals surface area (Å²) in [5.74, 6) is 4.73. The molecule has 678 valence electrons. The Morgan fingerprint density at radius 2 is 0.456 bits per heavy atom. The largest absolute Gasteiger partial charge is 0.456 e. The Bertz CT molecular complexity index is 8150. The first-order valence-corrected chi connectivity index (χ1v) is 50.3. The van der Waals surface area contributed by atoms with E-state index in [0.29, 0.717) is 62.3 Å². The molecule has 6 aromatic heterocycles. The molecule has 21 aromatic rings. The van der Waals surface area contributed by atoms with E-state index in [-0.39, 0.29) is 0 Å². The zero-order valence-electron chi connectivity index (χ0n) is 79.1. The van der Waals surface area contributed by atoms with Crippen LogP contribution in [0.2, 0.25) is 0 Å². The quantitative estimate of drug-likeness (QED) is 0.141. The number of piperidine rings is 6. The van der Waals surface area contributed by atoms with E-state index in [1.807, 2.05) is 18.2 Å². The fourth-order valence-corrected chi connectivity index (χ4v) is 24.6. The summed E-state index contributed by atoms with van der Waals surface area (Å²) in [7, 11) is 0. The highest BCUT2D eigenvalue weighted by Crippen LogP contribution is 2.50. The number of fused-ring (bicyclic) bond motifs is 24. The van der Waals surface area contributed by atoms with Crippen LogP contribution in [0.4, 0.5) is 34.1 Å². The second-order valence-electron chi connectivity index (χ2n) is 41.8. The third-order valence-corrected chi connectivity index (χ3v) is 32.8. The fraction of sp³-hybridized carbons (Fsp3) is 0.331. The van der Waals surface area contributed by atoms with Gasteiger partial charge in [-0.15, -0.1) is 0 Å². The molecule has 2 unspecified atom stereocenters. The minimum Gasteiger partial charge on any atom is -0.456 e. The summed E-state index contributed by atoms with van der Waals surface area (Å²) < 4.78 is 38.8. The van der Waals surface area contributed by atoms with Crippen molar-refractivity contribution in [3.8, 4) is 18.2 Å². The molecule has 15 nitrogen and oxygen atoms in total. The Labute approximate surface area is 790 Å². The summed E-state index contributed by atoms with van der Waals surface area (Å²) in [6.45, 7) is 29.8. The second kappa shape index (κ2) is 33.2. The van der Waals surface area contributed by atoms with E-state index in [2.05, 4.69) is 285 Å². The Hall–Kier alpha value is -14.1. The lowest BCUT2D eigenvalue weighted by Crippen LogP contribution is -2.37. The van der Waals surface area contributed by atoms with E-state index in [4.69, 9.17) is 26.5 Å². The number of hydrogen-bond acceptors (Lipinski definition) is 15. The Balaban J connectivity index is 0.000000109. The first-order chi connectivity index (χ1) is 66.4. The number of furan rings is 6. The van der Waals surface area contributed by atoms with Crippen LogP contribution in [0.5, 0.6) is 0 Å². The van der Waals surface area contributed by atoms with Gasteiger partial charge in [0.15, 0.2) is 0 Å². The molecule has 0 N–H and O–H groups in total. The first kappa shape index (κ1) is 83.7.